The highest BCUT2D eigenvalue weighted by Crippen LogP contribution is 2.29. The summed E-state index contributed by atoms with van der Waals surface area (Å²) in [6.45, 7) is 0. The zero-order valence-electron chi connectivity index (χ0n) is 12.8. The predicted molar refractivity (Wildman–Crippen MR) is 80.4 cm³/mol. The molecule has 120 valence electrons. The van der Waals surface area contributed by atoms with E-state index in [4.69, 9.17) is 0 Å². The van der Waals surface area contributed by atoms with Crippen LogP contribution in [0.4, 0.5) is 8.78 Å². The zero-order valence-corrected chi connectivity index (χ0v) is 12.8. The van der Waals surface area contributed by atoms with Crippen LogP contribution in [0.1, 0.15) is 37.7 Å². The van der Waals surface area contributed by atoms with Gasteiger partial charge in [0.15, 0.2) is 11.6 Å². The van der Waals surface area contributed by atoms with Gasteiger partial charge in [0.1, 0.15) is 0 Å². The van der Waals surface area contributed by atoms with E-state index in [0.717, 1.165) is 18.9 Å². The maximum absolute atomic E-state index is 13.6. The number of carbonyl (C=O) groups excluding carboxylic acids is 1. The van der Waals surface area contributed by atoms with Crippen molar-refractivity contribution in [2.24, 2.45) is 0 Å². The van der Waals surface area contributed by atoms with Gasteiger partial charge in [-0.05, 0) is 43.7 Å². The van der Waals surface area contributed by atoms with Crippen LogP contribution in [0.5, 0.6) is 0 Å². The molecule has 0 aromatic heterocycles. The molecule has 0 radical (unpaired) electrons. The van der Waals surface area contributed by atoms with Gasteiger partial charge in [0.2, 0.25) is 5.91 Å². The van der Waals surface area contributed by atoms with Crippen molar-refractivity contribution in [3.05, 3.63) is 35.4 Å². The van der Waals surface area contributed by atoms with E-state index in [1.165, 1.54) is 25.0 Å². The predicted octanol–water partition coefficient (Wildman–Crippen LogP) is 2.64. The molecule has 5 heteroatoms. The van der Waals surface area contributed by atoms with E-state index in [2.05, 4.69) is 5.32 Å². The first-order valence-electron chi connectivity index (χ1n) is 7.99. The number of halogens is 2. The summed E-state index contributed by atoms with van der Waals surface area (Å²) in [5.41, 5.74) is 0.270. The van der Waals surface area contributed by atoms with Crippen LogP contribution in [0.25, 0.3) is 0 Å². The number of benzene rings is 1. The first-order chi connectivity index (χ1) is 10.5. The van der Waals surface area contributed by atoms with E-state index in [-0.39, 0.29) is 30.4 Å². The fourth-order valence-corrected chi connectivity index (χ4v) is 3.71. The first kappa shape index (κ1) is 15.4. The van der Waals surface area contributed by atoms with Crippen molar-refractivity contribution in [2.75, 3.05) is 7.05 Å². The van der Waals surface area contributed by atoms with Crippen LogP contribution >= 0.6 is 0 Å². The Hall–Kier alpha value is -1.49. The molecule has 2 unspecified atom stereocenters. The van der Waals surface area contributed by atoms with Gasteiger partial charge < -0.3 is 10.2 Å². The minimum Gasteiger partial charge on any atom is -0.343 e. The van der Waals surface area contributed by atoms with Crippen LogP contribution in [0.2, 0.25) is 0 Å². The average molecular weight is 308 g/mol. The molecule has 3 rings (SSSR count). The van der Waals surface area contributed by atoms with Gasteiger partial charge in [-0.1, -0.05) is 12.1 Å². The van der Waals surface area contributed by atoms with Gasteiger partial charge in [-0.15, -0.1) is 0 Å². The van der Waals surface area contributed by atoms with Crippen LogP contribution in [-0.4, -0.2) is 36.0 Å². The number of carbonyl (C=O) groups is 1. The summed E-state index contributed by atoms with van der Waals surface area (Å²) in [5.74, 6) is -1.68. The second kappa shape index (κ2) is 6.32. The van der Waals surface area contributed by atoms with Gasteiger partial charge in [-0.25, -0.2) is 8.78 Å². The minimum absolute atomic E-state index is 0.00922. The van der Waals surface area contributed by atoms with Crippen molar-refractivity contribution in [2.45, 2.75) is 56.7 Å². The van der Waals surface area contributed by atoms with Crippen LogP contribution < -0.4 is 5.32 Å². The van der Waals surface area contributed by atoms with Gasteiger partial charge in [-0.2, -0.15) is 0 Å². The van der Waals surface area contributed by atoms with Crippen LogP contribution in [0, 0.1) is 11.6 Å². The molecular formula is C17H22F2N2O. The third-order valence-electron chi connectivity index (χ3n) is 5.03. The zero-order chi connectivity index (χ0) is 15.7. The van der Waals surface area contributed by atoms with E-state index in [0.29, 0.717) is 12.1 Å². The van der Waals surface area contributed by atoms with Gasteiger partial charge in [0.05, 0.1) is 0 Å². The molecule has 1 aromatic carbocycles. The standard InChI is InChI=1S/C17H22F2N2O/c1-21(14-9-12-6-7-13(10-14)20-12)16(22)8-5-11-3-2-4-15(18)17(11)19/h2-4,12-14,20H,5-10H2,1H3. The molecule has 2 bridgehead atoms. The molecule has 22 heavy (non-hydrogen) atoms. The lowest BCUT2D eigenvalue weighted by Crippen LogP contribution is -2.48. The summed E-state index contributed by atoms with van der Waals surface area (Å²) >= 11 is 0. The molecule has 2 saturated heterocycles. The largest absolute Gasteiger partial charge is 0.343 e. The van der Waals surface area contributed by atoms with Crippen molar-refractivity contribution >= 4 is 5.91 Å². The SMILES string of the molecule is CN(C(=O)CCc1cccc(F)c1F)C1CC2CCC(C1)N2. The molecular weight excluding hydrogens is 286 g/mol. The molecule has 3 nitrogen and oxygen atoms in total. The van der Waals surface area contributed by atoms with Crippen molar-refractivity contribution in [1.29, 1.82) is 0 Å². The van der Waals surface area contributed by atoms with Gasteiger partial charge in [0.25, 0.3) is 0 Å². The summed E-state index contributed by atoms with van der Waals surface area (Å²) in [6.07, 6.45) is 4.83. The summed E-state index contributed by atoms with van der Waals surface area (Å²) in [4.78, 5) is 14.1. The molecule has 2 atom stereocenters. The van der Waals surface area contributed by atoms with Crippen molar-refractivity contribution in [1.82, 2.24) is 10.2 Å². The maximum atomic E-state index is 13.6. The fraction of sp³-hybridized carbons (Fsp3) is 0.588. The molecule has 2 heterocycles. The maximum Gasteiger partial charge on any atom is 0.222 e. The number of piperidine rings is 1. The number of nitrogens with zero attached hydrogens (tertiary/aromatic N) is 1. The highest BCUT2D eigenvalue weighted by Gasteiger charge is 2.36. The number of hydrogen-bond donors (Lipinski definition) is 1. The van der Waals surface area contributed by atoms with E-state index in [9.17, 15) is 13.6 Å². The summed E-state index contributed by atoms with van der Waals surface area (Å²) in [5, 5.41) is 3.56. The van der Waals surface area contributed by atoms with Gasteiger partial charge in [0, 0.05) is 31.6 Å². The second-order valence-corrected chi connectivity index (χ2v) is 6.48. The molecule has 2 aliphatic rings. The normalized spacial score (nSPS) is 27.0. The van der Waals surface area contributed by atoms with E-state index >= 15 is 0 Å². The molecule has 0 spiro atoms. The van der Waals surface area contributed by atoms with Crippen LogP contribution in [-0.2, 0) is 11.2 Å². The van der Waals surface area contributed by atoms with Crippen LogP contribution in [0.3, 0.4) is 0 Å². The summed E-state index contributed by atoms with van der Waals surface area (Å²) in [7, 11) is 1.83. The molecule has 1 amide bonds. The number of amides is 1. The quantitative estimate of drug-likeness (QED) is 0.927. The molecule has 1 aromatic rings. The molecule has 2 fully saturated rings. The third kappa shape index (κ3) is 3.14. The number of rotatable bonds is 4. The second-order valence-electron chi connectivity index (χ2n) is 6.48. The Bertz CT molecular complexity index is 552. The Morgan fingerprint density at radius 1 is 1.27 bits per heavy atom. The van der Waals surface area contributed by atoms with Gasteiger partial charge >= 0.3 is 0 Å². The molecule has 0 saturated carbocycles. The summed E-state index contributed by atoms with van der Waals surface area (Å²) in [6, 6.07) is 5.43. The molecule has 1 N–H and O–H groups in total. The Balaban J connectivity index is 1.56. The lowest BCUT2D eigenvalue weighted by Gasteiger charge is -2.35. The highest BCUT2D eigenvalue weighted by atomic mass is 19.2. The van der Waals surface area contributed by atoms with Crippen molar-refractivity contribution in [3.8, 4) is 0 Å². The third-order valence-corrected chi connectivity index (χ3v) is 5.03. The lowest BCUT2D eigenvalue weighted by atomic mass is 9.98. The molecule has 0 aliphatic carbocycles. The van der Waals surface area contributed by atoms with E-state index in [1.807, 2.05) is 11.9 Å². The van der Waals surface area contributed by atoms with E-state index in [1.54, 1.807) is 0 Å². The summed E-state index contributed by atoms with van der Waals surface area (Å²) < 4.78 is 26.8. The van der Waals surface area contributed by atoms with Gasteiger partial charge in [-0.3, -0.25) is 4.79 Å². The minimum atomic E-state index is -0.853. The number of hydrogen-bond acceptors (Lipinski definition) is 2. The lowest BCUT2D eigenvalue weighted by molar-refractivity contribution is -0.132. The van der Waals surface area contributed by atoms with Crippen molar-refractivity contribution < 1.29 is 13.6 Å². The first-order valence-corrected chi connectivity index (χ1v) is 7.99. The monoisotopic (exact) mass is 308 g/mol. The Kier molecular flexibility index (Phi) is 4.43. The molecule has 2 aliphatic heterocycles. The smallest absolute Gasteiger partial charge is 0.222 e. The van der Waals surface area contributed by atoms with E-state index < -0.39 is 11.6 Å². The van der Waals surface area contributed by atoms with Crippen LogP contribution in [0.15, 0.2) is 18.2 Å². The fourth-order valence-electron chi connectivity index (χ4n) is 3.71. The topological polar surface area (TPSA) is 32.3 Å². The Labute approximate surface area is 129 Å². The van der Waals surface area contributed by atoms with Crippen molar-refractivity contribution in [3.63, 3.8) is 0 Å². The number of aryl methyl sites for hydroxylation is 1. The highest BCUT2D eigenvalue weighted by molar-refractivity contribution is 5.76. The Morgan fingerprint density at radius 2 is 1.95 bits per heavy atom. The Morgan fingerprint density at radius 3 is 2.64 bits per heavy atom. The average Bonchev–Trinajstić information content (AvgIpc) is 2.86. The number of fused-ring (bicyclic) bond motifs is 2. The number of nitrogens with one attached hydrogen (secondary N) is 1.